The molecular weight excluding hydrogens is 375 g/mol. The molecule has 3 aromatic heterocycles. The van der Waals surface area contributed by atoms with Gasteiger partial charge >= 0.3 is 6.43 Å². The van der Waals surface area contributed by atoms with Crippen LogP contribution in [0.1, 0.15) is 20.6 Å². The Kier molecular flexibility index (Phi) is 3.88. The Hall–Kier alpha value is -3.76. The first kappa shape index (κ1) is 15.3. The lowest BCUT2D eigenvalue weighted by Crippen LogP contribution is -2.03. The van der Waals surface area contributed by atoms with Crippen LogP contribution >= 0.6 is 0 Å². The fourth-order valence-electron chi connectivity index (χ4n) is 2.31. The van der Waals surface area contributed by atoms with Crippen molar-refractivity contribution in [3.05, 3.63) is 60.0 Å². The summed E-state index contributed by atoms with van der Waals surface area (Å²) in [6.07, 6.45) is -0.206. The monoisotopic (exact) mass is 389 g/mol. The number of rotatable bonds is 5. The van der Waals surface area contributed by atoms with E-state index in [2.05, 4.69) is 25.5 Å². The molecule has 0 atom stereocenters. The maximum absolute atomic E-state index is 14.7. The smallest absolute Gasteiger partial charge is 0.314 e. The molecule has 0 fully saturated rings. The standard InChI is InChI=1S/C17H12F3N7O/c18-12-5-9(16-24-25-17(28-16)15(19)20)1-2-11(12)7-27-8-13(23-26-27)10-3-4-14(21)22-6-10/h1-6,8,15H,7H2,(H2,21,22)/i7D2. The molecule has 11 heteroatoms. The third-order valence-corrected chi connectivity index (χ3v) is 3.65. The molecule has 0 saturated carbocycles. The third kappa shape index (κ3) is 3.54. The Labute approximate surface area is 158 Å². The highest BCUT2D eigenvalue weighted by Crippen LogP contribution is 2.25. The molecule has 0 bridgehead atoms. The van der Waals surface area contributed by atoms with Crippen LogP contribution < -0.4 is 5.73 Å². The fourth-order valence-corrected chi connectivity index (χ4v) is 2.31. The number of aromatic nitrogens is 6. The topological polar surface area (TPSA) is 109 Å². The summed E-state index contributed by atoms with van der Waals surface area (Å²) >= 11 is 0. The van der Waals surface area contributed by atoms with E-state index in [1.807, 2.05) is 0 Å². The molecule has 2 N–H and O–H groups in total. The van der Waals surface area contributed by atoms with Crippen LogP contribution in [0.25, 0.3) is 22.7 Å². The minimum atomic E-state index is -2.96. The lowest BCUT2D eigenvalue weighted by molar-refractivity contribution is 0.116. The van der Waals surface area contributed by atoms with Gasteiger partial charge in [0.2, 0.25) is 5.89 Å². The van der Waals surface area contributed by atoms with E-state index in [1.54, 1.807) is 12.1 Å². The highest BCUT2D eigenvalue weighted by Gasteiger charge is 2.18. The molecule has 0 aliphatic rings. The molecule has 0 unspecified atom stereocenters. The molecule has 0 saturated heterocycles. The van der Waals surface area contributed by atoms with E-state index in [-0.39, 0.29) is 17.0 Å². The van der Waals surface area contributed by atoms with Gasteiger partial charge in [-0.15, -0.1) is 15.3 Å². The molecule has 0 spiro atoms. The first-order valence-corrected chi connectivity index (χ1v) is 7.82. The van der Waals surface area contributed by atoms with Gasteiger partial charge in [0.05, 0.1) is 15.4 Å². The molecule has 4 aromatic rings. The summed E-state index contributed by atoms with van der Waals surface area (Å²) in [5.74, 6) is -1.85. The lowest BCUT2D eigenvalue weighted by atomic mass is 10.1. The Morgan fingerprint density at radius 2 is 1.96 bits per heavy atom. The first-order valence-electron chi connectivity index (χ1n) is 8.82. The van der Waals surface area contributed by atoms with E-state index < -0.39 is 24.6 Å². The van der Waals surface area contributed by atoms with Gasteiger partial charge in [-0.1, -0.05) is 11.3 Å². The number of anilines is 1. The number of hydrogen-bond donors (Lipinski definition) is 1. The van der Waals surface area contributed by atoms with E-state index in [9.17, 15) is 13.2 Å². The molecule has 4 rings (SSSR count). The zero-order valence-electron chi connectivity index (χ0n) is 15.9. The van der Waals surface area contributed by atoms with Gasteiger partial charge < -0.3 is 10.2 Å². The molecule has 0 aliphatic carbocycles. The van der Waals surface area contributed by atoms with Gasteiger partial charge in [0.15, 0.2) is 0 Å². The van der Waals surface area contributed by atoms with Crippen LogP contribution in [0, 0.1) is 5.82 Å². The van der Waals surface area contributed by atoms with E-state index in [0.29, 0.717) is 17.1 Å². The fraction of sp³-hybridized carbons (Fsp3) is 0.118. The number of halogens is 3. The molecule has 1 aromatic carbocycles. The number of pyridine rings is 1. The number of alkyl halides is 2. The van der Waals surface area contributed by atoms with Crippen molar-refractivity contribution in [3.63, 3.8) is 0 Å². The second kappa shape index (κ2) is 7.10. The van der Waals surface area contributed by atoms with Gasteiger partial charge in [-0.05, 0) is 24.3 Å². The summed E-state index contributed by atoms with van der Waals surface area (Å²) < 4.78 is 62.1. The van der Waals surface area contributed by atoms with Crippen LogP contribution in [0.15, 0.2) is 47.1 Å². The SMILES string of the molecule is [2H]C([2H])(c1ccc(-c2nnc(C(F)F)o2)cc1F)n1cc(-c2ccc(N)nc2)nn1. The van der Waals surface area contributed by atoms with Crippen molar-refractivity contribution in [1.29, 1.82) is 0 Å². The summed E-state index contributed by atoms with van der Waals surface area (Å²) in [5.41, 5.74) is 6.07. The van der Waals surface area contributed by atoms with E-state index in [4.69, 9.17) is 12.9 Å². The Bertz CT molecular complexity index is 1190. The highest BCUT2D eigenvalue weighted by atomic mass is 19.3. The minimum absolute atomic E-state index is 0.0266. The summed E-state index contributed by atoms with van der Waals surface area (Å²) in [4.78, 5) is 3.93. The maximum Gasteiger partial charge on any atom is 0.314 e. The second-order valence-electron chi connectivity index (χ2n) is 5.57. The average molecular weight is 389 g/mol. The second-order valence-corrected chi connectivity index (χ2v) is 5.57. The number of nitrogens with zero attached hydrogens (tertiary/aromatic N) is 6. The number of benzene rings is 1. The van der Waals surface area contributed by atoms with Gasteiger partial charge in [0.1, 0.15) is 17.3 Å². The molecule has 0 amide bonds. The van der Waals surface area contributed by atoms with Crippen molar-refractivity contribution in [2.24, 2.45) is 0 Å². The molecule has 28 heavy (non-hydrogen) atoms. The molecule has 3 heterocycles. The molecule has 142 valence electrons. The van der Waals surface area contributed by atoms with Crippen molar-refractivity contribution < 1.29 is 20.3 Å². The zero-order valence-corrected chi connectivity index (χ0v) is 13.9. The van der Waals surface area contributed by atoms with E-state index in [0.717, 1.165) is 16.8 Å². The normalized spacial score (nSPS) is 12.9. The minimum Gasteiger partial charge on any atom is -0.415 e. The summed E-state index contributed by atoms with van der Waals surface area (Å²) in [5, 5.41) is 14.3. The lowest BCUT2D eigenvalue weighted by Gasteiger charge is -2.04. The Balaban J connectivity index is 1.65. The van der Waals surface area contributed by atoms with Crippen LogP contribution in [0.3, 0.4) is 0 Å². The zero-order chi connectivity index (χ0) is 21.5. The summed E-state index contributed by atoms with van der Waals surface area (Å²) in [6.45, 7) is -2.40. The first-order chi connectivity index (χ1) is 14.3. The molecule has 0 aliphatic heterocycles. The Morgan fingerprint density at radius 1 is 1.14 bits per heavy atom. The van der Waals surface area contributed by atoms with Gasteiger partial charge in [-0.2, -0.15) is 8.78 Å². The third-order valence-electron chi connectivity index (χ3n) is 3.65. The average Bonchev–Trinajstić information content (AvgIpc) is 3.39. The van der Waals surface area contributed by atoms with E-state index in [1.165, 1.54) is 18.5 Å². The molecule has 8 nitrogen and oxygen atoms in total. The molecule has 0 radical (unpaired) electrons. The van der Waals surface area contributed by atoms with Crippen molar-refractivity contribution in [2.75, 3.05) is 5.73 Å². The van der Waals surface area contributed by atoms with Crippen LogP contribution in [0.5, 0.6) is 0 Å². The van der Waals surface area contributed by atoms with Gasteiger partial charge in [0.25, 0.3) is 5.89 Å². The quantitative estimate of drug-likeness (QED) is 0.559. The number of nitrogens with two attached hydrogens (primary N) is 1. The van der Waals surface area contributed by atoms with Gasteiger partial charge in [-0.25, -0.2) is 14.1 Å². The van der Waals surface area contributed by atoms with Crippen molar-refractivity contribution in [1.82, 2.24) is 30.2 Å². The predicted molar refractivity (Wildman–Crippen MR) is 91.4 cm³/mol. The van der Waals surface area contributed by atoms with Crippen LogP contribution in [-0.2, 0) is 6.50 Å². The van der Waals surface area contributed by atoms with Crippen LogP contribution in [-0.4, -0.2) is 30.2 Å². The van der Waals surface area contributed by atoms with Crippen LogP contribution in [0.2, 0.25) is 0 Å². The summed E-state index contributed by atoms with van der Waals surface area (Å²) in [6, 6.07) is 6.53. The predicted octanol–water partition coefficient (Wildman–Crippen LogP) is 3.10. The van der Waals surface area contributed by atoms with Crippen molar-refractivity contribution in [2.45, 2.75) is 12.9 Å². The number of hydrogen-bond acceptors (Lipinski definition) is 7. The number of nitrogen functional groups attached to an aromatic ring is 1. The van der Waals surface area contributed by atoms with Gasteiger partial charge in [-0.3, -0.25) is 0 Å². The van der Waals surface area contributed by atoms with Crippen molar-refractivity contribution >= 4 is 5.82 Å². The van der Waals surface area contributed by atoms with Gasteiger partial charge in [0, 0.05) is 22.9 Å². The maximum atomic E-state index is 14.7. The summed E-state index contributed by atoms with van der Waals surface area (Å²) in [7, 11) is 0. The highest BCUT2D eigenvalue weighted by molar-refractivity contribution is 5.58. The molecular formula is C17H12F3N7O. The largest absolute Gasteiger partial charge is 0.415 e. The Morgan fingerprint density at radius 3 is 2.64 bits per heavy atom. The van der Waals surface area contributed by atoms with Crippen LogP contribution in [0.4, 0.5) is 19.0 Å². The van der Waals surface area contributed by atoms with E-state index >= 15 is 0 Å². The van der Waals surface area contributed by atoms with Crippen molar-refractivity contribution in [3.8, 4) is 22.7 Å².